The number of carbonyl (C=O) groups is 3. The van der Waals surface area contributed by atoms with Gasteiger partial charge in [-0.3, -0.25) is 24.2 Å². The molecule has 8 heteroatoms. The quantitative estimate of drug-likeness (QED) is 0.588. The number of anilines is 2. The van der Waals surface area contributed by atoms with Crippen LogP contribution >= 0.6 is 24.0 Å². The highest BCUT2D eigenvalue weighted by Gasteiger charge is 2.41. The third-order valence-corrected chi connectivity index (χ3v) is 6.76. The number of aryl methyl sites for hydroxylation is 2. The van der Waals surface area contributed by atoms with Crippen LogP contribution in [0.5, 0.6) is 0 Å². The highest BCUT2D eigenvalue weighted by molar-refractivity contribution is 8.26. The van der Waals surface area contributed by atoms with Crippen molar-refractivity contribution in [3.05, 3.63) is 64.1 Å². The number of hydrogen-bond donors (Lipinski definition) is 1. The summed E-state index contributed by atoms with van der Waals surface area (Å²) in [6, 6.07) is 12.8. The topological polar surface area (TPSA) is 69.7 Å². The molecular weight excluding hydrogens is 418 g/mol. The maximum absolute atomic E-state index is 13.3. The molecule has 0 unspecified atom stereocenters. The monoisotopic (exact) mass is 437 g/mol. The van der Waals surface area contributed by atoms with Gasteiger partial charge in [0, 0.05) is 18.3 Å². The van der Waals surface area contributed by atoms with E-state index in [1.54, 1.807) is 31.3 Å². The highest BCUT2D eigenvalue weighted by Crippen LogP contribution is 2.44. The fourth-order valence-corrected chi connectivity index (χ4v) is 4.66. The number of amides is 3. The van der Waals surface area contributed by atoms with Gasteiger partial charge in [-0.1, -0.05) is 48.2 Å². The molecule has 1 saturated heterocycles. The average molecular weight is 438 g/mol. The predicted molar refractivity (Wildman–Crippen MR) is 123 cm³/mol. The molecule has 0 aromatic heterocycles. The Hall–Kier alpha value is -2.97. The van der Waals surface area contributed by atoms with Crippen LogP contribution in [0.15, 0.2) is 47.4 Å². The van der Waals surface area contributed by atoms with Crippen LogP contribution in [-0.2, 0) is 14.4 Å². The van der Waals surface area contributed by atoms with Crippen molar-refractivity contribution in [3.63, 3.8) is 0 Å². The molecule has 0 bridgehead atoms. The Bertz CT molecular complexity index is 1160. The minimum atomic E-state index is -0.375. The first-order valence-electron chi connectivity index (χ1n) is 9.30. The van der Waals surface area contributed by atoms with Crippen molar-refractivity contribution < 1.29 is 14.4 Å². The minimum absolute atomic E-state index is 0.154. The van der Waals surface area contributed by atoms with Crippen molar-refractivity contribution in [2.24, 2.45) is 0 Å². The molecule has 1 N–H and O–H groups in total. The fraction of sp³-hybridized carbons (Fsp3) is 0.182. The second-order valence-electron chi connectivity index (χ2n) is 7.19. The number of hydrogen-bond acceptors (Lipinski definition) is 5. The Labute approximate surface area is 183 Å². The minimum Gasteiger partial charge on any atom is -0.325 e. The standard InChI is InChI=1S/C22H19N3O3S2/c1-12-8-9-14(10-13(12)2)23-17(26)11-25-16-7-5-4-6-15(16)18(20(25)27)19-21(28)24(3)22(29)30-19/h4-10H,11H2,1-3H3,(H,23,26)/b19-18+. The molecule has 2 aromatic rings. The summed E-state index contributed by atoms with van der Waals surface area (Å²) in [5.74, 6) is -0.990. The fourth-order valence-electron chi connectivity index (χ4n) is 3.41. The van der Waals surface area contributed by atoms with Gasteiger partial charge in [0.15, 0.2) is 0 Å². The molecule has 0 spiro atoms. The third-order valence-electron chi connectivity index (χ3n) is 5.20. The van der Waals surface area contributed by atoms with E-state index in [0.717, 1.165) is 22.9 Å². The lowest BCUT2D eigenvalue weighted by molar-refractivity contribution is -0.121. The molecule has 2 aromatic carbocycles. The van der Waals surface area contributed by atoms with Crippen LogP contribution in [0.3, 0.4) is 0 Å². The lowest BCUT2D eigenvalue weighted by atomic mass is 10.1. The molecule has 2 aliphatic rings. The Morgan fingerprint density at radius 2 is 1.80 bits per heavy atom. The lowest BCUT2D eigenvalue weighted by Gasteiger charge is -2.17. The molecule has 0 atom stereocenters. The van der Waals surface area contributed by atoms with Crippen molar-refractivity contribution >= 4 is 63.0 Å². The second-order valence-corrected chi connectivity index (χ2v) is 8.84. The van der Waals surface area contributed by atoms with E-state index >= 15 is 0 Å². The Morgan fingerprint density at radius 3 is 2.47 bits per heavy atom. The zero-order valence-corrected chi connectivity index (χ0v) is 18.3. The molecule has 2 aliphatic heterocycles. The SMILES string of the molecule is Cc1ccc(NC(=O)CN2C(=O)/C(=C3/SC(=S)N(C)C3=O)c3ccccc32)cc1C. The van der Waals surface area contributed by atoms with E-state index in [1.165, 1.54) is 9.80 Å². The summed E-state index contributed by atoms with van der Waals surface area (Å²) >= 11 is 6.32. The summed E-state index contributed by atoms with van der Waals surface area (Å²) in [7, 11) is 1.59. The van der Waals surface area contributed by atoms with E-state index < -0.39 is 0 Å². The van der Waals surface area contributed by atoms with Gasteiger partial charge in [-0.2, -0.15) is 0 Å². The number of nitrogens with zero attached hydrogens (tertiary/aromatic N) is 2. The third kappa shape index (κ3) is 3.42. The number of para-hydroxylation sites is 1. The van der Waals surface area contributed by atoms with E-state index in [9.17, 15) is 14.4 Å². The van der Waals surface area contributed by atoms with Crippen LogP contribution in [0.1, 0.15) is 16.7 Å². The van der Waals surface area contributed by atoms with Crippen LogP contribution in [0.2, 0.25) is 0 Å². The van der Waals surface area contributed by atoms with Gasteiger partial charge in [0.1, 0.15) is 10.9 Å². The van der Waals surface area contributed by atoms with E-state index in [-0.39, 0.29) is 24.3 Å². The van der Waals surface area contributed by atoms with Gasteiger partial charge in [-0.25, -0.2) is 0 Å². The Kier molecular flexibility index (Phi) is 5.21. The molecular formula is C22H19N3O3S2. The first-order valence-corrected chi connectivity index (χ1v) is 10.5. The van der Waals surface area contributed by atoms with Crippen molar-refractivity contribution in [2.75, 3.05) is 23.8 Å². The molecule has 0 aliphatic carbocycles. The molecule has 4 rings (SSSR count). The van der Waals surface area contributed by atoms with E-state index in [2.05, 4.69) is 5.32 Å². The number of likely N-dealkylation sites (N-methyl/N-ethyl adjacent to an activating group) is 1. The van der Waals surface area contributed by atoms with E-state index in [0.29, 0.717) is 31.7 Å². The summed E-state index contributed by atoms with van der Waals surface area (Å²) in [5, 5.41) is 2.85. The average Bonchev–Trinajstić information content (AvgIpc) is 3.12. The second kappa shape index (κ2) is 7.70. The maximum Gasteiger partial charge on any atom is 0.266 e. The van der Waals surface area contributed by atoms with Crippen LogP contribution in [0, 0.1) is 13.8 Å². The van der Waals surface area contributed by atoms with Crippen molar-refractivity contribution in [1.82, 2.24) is 4.90 Å². The summed E-state index contributed by atoms with van der Waals surface area (Å²) in [5.41, 5.74) is 4.42. The zero-order chi connectivity index (χ0) is 21.6. The van der Waals surface area contributed by atoms with Crippen LogP contribution in [0.25, 0.3) is 5.57 Å². The largest absolute Gasteiger partial charge is 0.325 e. The number of nitrogens with one attached hydrogen (secondary N) is 1. The highest BCUT2D eigenvalue weighted by atomic mass is 32.2. The summed E-state index contributed by atoms with van der Waals surface area (Å²) in [4.78, 5) is 41.6. The summed E-state index contributed by atoms with van der Waals surface area (Å²) < 4.78 is 0.402. The Balaban J connectivity index is 1.64. The van der Waals surface area contributed by atoms with E-state index in [1.807, 2.05) is 32.0 Å². The van der Waals surface area contributed by atoms with Gasteiger partial charge in [-0.05, 0) is 43.2 Å². The number of carbonyl (C=O) groups excluding carboxylic acids is 3. The number of thioether (sulfide) groups is 1. The molecule has 30 heavy (non-hydrogen) atoms. The molecule has 0 saturated carbocycles. The number of rotatable bonds is 3. The van der Waals surface area contributed by atoms with Gasteiger partial charge in [0.25, 0.3) is 11.8 Å². The van der Waals surface area contributed by atoms with Gasteiger partial charge >= 0.3 is 0 Å². The lowest BCUT2D eigenvalue weighted by Crippen LogP contribution is -2.35. The van der Waals surface area contributed by atoms with Gasteiger partial charge in [0.2, 0.25) is 5.91 Å². The van der Waals surface area contributed by atoms with Crippen molar-refractivity contribution in [1.29, 1.82) is 0 Å². The van der Waals surface area contributed by atoms with Gasteiger partial charge in [-0.15, -0.1) is 0 Å². The van der Waals surface area contributed by atoms with Crippen molar-refractivity contribution in [3.8, 4) is 0 Å². The molecule has 6 nitrogen and oxygen atoms in total. The van der Waals surface area contributed by atoms with Crippen LogP contribution in [-0.4, -0.2) is 40.5 Å². The number of thiocarbonyl (C=S) groups is 1. The number of fused-ring (bicyclic) bond motifs is 1. The molecule has 152 valence electrons. The number of benzene rings is 2. The zero-order valence-electron chi connectivity index (χ0n) is 16.7. The van der Waals surface area contributed by atoms with Crippen LogP contribution in [0.4, 0.5) is 11.4 Å². The first kappa shape index (κ1) is 20.3. The van der Waals surface area contributed by atoms with Gasteiger partial charge < -0.3 is 5.32 Å². The van der Waals surface area contributed by atoms with E-state index in [4.69, 9.17) is 12.2 Å². The Morgan fingerprint density at radius 1 is 1.07 bits per heavy atom. The normalized spacial score (nSPS) is 18.3. The van der Waals surface area contributed by atoms with Crippen LogP contribution < -0.4 is 10.2 Å². The smallest absolute Gasteiger partial charge is 0.266 e. The first-order chi connectivity index (χ1) is 14.3. The predicted octanol–water partition coefficient (Wildman–Crippen LogP) is 3.49. The summed E-state index contributed by atoms with van der Waals surface area (Å²) in [6.07, 6.45) is 0. The van der Waals surface area contributed by atoms with Gasteiger partial charge in [0.05, 0.1) is 16.2 Å². The molecule has 2 heterocycles. The molecule has 0 radical (unpaired) electrons. The summed E-state index contributed by atoms with van der Waals surface area (Å²) in [6.45, 7) is 3.82. The molecule has 3 amide bonds. The maximum atomic E-state index is 13.3. The molecule has 1 fully saturated rings. The van der Waals surface area contributed by atoms with Crippen molar-refractivity contribution in [2.45, 2.75) is 13.8 Å².